The van der Waals surface area contributed by atoms with Gasteiger partial charge in [-0.1, -0.05) is 12.1 Å². The number of pyridine rings is 1. The number of hydrogen-bond donors (Lipinski definition) is 2. The zero-order valence-corrected chi connectivity index (χ0v) is 10.9. The molecular formula is C13H9ClN4O2. The molecule has 0 atom stereocenters. The van der Waals surface area contributed by atoms with Gasteiger partial charge in [0.15, 0.2) is 0 Å². The molecule has 0 amide bonds. The minimum absolute atomic E-state index is 0.194. The van der Waals surface area contributed by atoms with Crippen LogP contribution in [0.25, 0.3) is 22.0 Å². The van der Waals surface area contributed by atoms with E-state index < -0.39 is 11.1 Å². The van der Waals surface area contributed by atoms with Crippen LogP contribution in [-0.4, -0.2) is 14.3 Å². The van der Waals surface area contributed by atoms with Crippen molar-refractivity contribution in [3.63, 3.8) is 0 Å². The molecular weight excluding hydrogens is 280 g/mol. The van der Waals surface area contributed by atoms with Crippen LogP contribution < -0.4 is 16.9 Å². The second-order valence-electron chi connectivity index (χ2n) is 4.27. The van der Waals surface area contributed by atoms with Gasteiger partial charge in [0.25, 0.3) is 11.1 Å². The SMILES string of the molecule is Nc1cccc(-c2cc3c(=O)n(Cl)[nH]c(=O)c3cn2)c1. The molecule has 0 saturated heterocycles. The van der Waals surface area contributed by atoms with Crippen molar-refractivity contribution in [2.24, 2.45) is 0 Å². The number of nitrogens with one attached hydrogen (secondary N) is 1. The van der Waals surface area contributed by atoms with E-state index in [-0.39, 0.29) is 10.8 Å². The van der Waals surface area contributed by atoms with Crippen molar-refractivity contribution in [3.05, 3.63) is 57.2 Å². The van der Waals surface area contributed by atoms with Crippen LogP contribution in [-0.2, 0) is 0 Å². The molecule has 7 heteroatoms. The van der Waals surface area contributed by atoms with E-state index >= 15 is 0 Å². The molecule has 0 spiro atoms. The average Bonchev–Trinajstić information content (AvgIpc) is 2.44. The van der Waals surface area contributed by atoms with Gasteiger partial charge in [-0.3, -0.25) is 14.6 Å². The zero-order valence-electron chi connectivity index (χ0n) is 10.1. The van der Waals surface area contributed by atoms with Gasteiger partial charge in [-0.2, -0.15) is 4.20 Å². The third-order valence-electron chi connectivity index (χ3n) is 2.94. The van der Waals surface area contributed by atoms with Crippen molar-refractivity contribution < 1.29 is 0 Å². The van der Waals surface area contributed by atoms with Gasteiger partial charge in [0.05, 0.1) is 16.5 Å². The number of fused-ring (bicyclic) bond motifs is 1. The Kier molecular flexibility index (Phi) is 2.80. The molecule has 6 nitrogen and oxygen atoms in total. The van der Waals surface area contributed by atoms with Crippen LogP contribution in [0.5, 0.6) is 0 Å². The van der Waals surface area contributed by atoms with Crippen LogP contribution in [0.15, 0.2) is 46.1 Å². The molecule has 0 radical (unpaired) electrons. The van der Waals surface area contributed by atoms with Gasteiger partial charge in [0, 0.05) is 29.2 Å². The van der Waals surface area contributed by atoms with Gasteiger partial charge in [-0.05, 0) is 18.2 Å². The van der Waals surface area contributed by atoms with E-state index in [1.54, 1.807) is 18.2 Å². The first-order valence-corrected chi connectivity index (χ1v) is 6.07. The summed E-state index contributed by atoms with van der Waals surface area (Å²) in [6.45, 7) is 0. The summed E-state index contributed by atoms with van der Waals surface area (Å²) in [7, 11) is 0. The zero-order chi connectivity index (χ0) is 14.3. The van der Waals surface area contributed by atoms with Crippen LogP contribution in [0.2, 0.25) is 0 Å². The molecule has 20 heavy (non-hydrogen) atoms. The number of nitrogens with zero attached hydrogens (tertiary/aromatic N) is 2. The maximum absolute atomic E-state index is 11.9. The lowest BCUT2D eigenvalue weighted by atomic mass is 10.1. The second-order valence-corrected chi connectivity index (χ2v) is 4.61. The summed E-state index contributed by atoms with van der Waals surface area (Å²) >= 11 is 5.62. The number of halogens is 1. The molecule has 3 aromatic rings. The Morgan fingerprint density at radius 1 is 1.20 bits per heavy atom. The largest absolute Gasteiger partial charge is 0.399 e. The topological polar surface area (TPSA) is 93.8 Å². The van der Waals surface area contributed by atoms with Gasteiger partial charge in [0.2, 0.25) is 0 Å². The van der Waals surface area contributed by atoms with E-state index in [9.17, 15) is 9.59 Å². The molecule has 0 fully saturated rings. The van der Waals surface area contributed by atoms with Gasteiger partial charge in [0.1, 0.15) is 0 Å². The molecule has 1 aromatic carbocycles. The lowest BCUT2D eigenvalue weighted by Gasteiger charge is -2.04. The second kappa shape index (κ2) is 4.50. The van der Waals surface area contributed by atoms with Crippen molar-refractivity contribution in [3.8, 4) is 11.3 Å². The van der Waals surface area contributed by atoms with Crippen LogP contribution in [0.1, 0.15) is 0 Å². The molecule has 2 aromatic heterocycles. The number of benzene rings is 1. The number of aromatic nitrogens is 3. The Hall–Kier alpha value is -2.60. The van der Waals surface area contributed by atoms with Gasteiger partial charge in [-0.15, -0.1) is 0 Å². The molecule has 3 rings (SSSR count). The van der Waals surface area contributed by atoms with Gasteiger partial charge >= 0.3 is 0 Å². The number of rotatable bonds is 1. The van der Waals surface area contributed by atoms with E-state index in [0.29, 0.717) is 15.6 Å². The number of nitrogens with two attached hydrogens (primary N) is 1. The van der Waals surface area contributed by atoms with Crippen molar-refractivity contribution in [2.45, 2.75) is 0 Å². The summed E-state index contributed by atoms with van der Waals surface area (Å²) in [5.74, 6) is 0. The summed E-state index contributed by atoms with van der Waals surface area (Å²) in [6.07, 6.45) is 1.35. The van der Waals surface area contributed by atoms with Crippen molar-refractivity contribution in [1.82, 2.24) is 14.3 Å². The van der Waals surface area contributed by atoms with E-state index in [1.165, 1.54) is 12.3 Å². The van der Waals surface area contributed by atoms with E-state index in [2.05, 4.69) is 10.1 Å². The number of H-pyrrole nitrogens is 1. The molecule has 0 unspecified atom stereocenters. The first-order chi connectivity index (χ1) is 9.56. The molecule has 3 N–H and O–H groups in total. The molecule has 2 heterocycles. The average molecular weight is 289 g/mol. The quantitative estimate of drug-likeness (QED) is 0.661. The number of nitrogen functional groups attached to an aromatic ring is 1. The first-order valence-electron chi connectivity index (χ1n) is 5.73. The normalized spacial score (nSPS) is 10.8. The highest BCUT2D eigenvalue weighted by Crippen LogP contribution is 2.20. The maximum Gasteiger partial charge on any atom is 0.288 e. The highest BCUT2D eigenvalue weighted by atomic mass is 35.5. The summed E-state index contributed by atoms with van der Waals surface area (Å²) in [5, 5.41) is 2.60. The Bertz CT molecular complexity index is 930. The fourth-order valence-corrected chi connectivity index (χ4v) is 2.14. The smallest absolute Gasteiger partial charge is 0.288 e. The Morgan fingerprint density at radius 2 is 2.00 bits per heavy atom. The van der Waals surface area contributed by atoms with Crippen molar-refractivity contribution >= 4 is 28.2 Å². The van der Waals surface area contributed by atoms with Crippen LogP contribution in [0.3, 0.4) is 0 Å². The fourth-order valence-electron chi connectivity index (χ4n) is 1.98. The lowest BCUT2D eigenvalue weighted by molar-refractivity contribution is 0.893. The van der Waals surface area contributed by atoms with Crippen LogP contribution in [0.4, 0.5) is 5.69 Å². The number of anilines is 1. The van der Waals surface area contributed by atoms with Crippen molar-refractivity contribution in [2.75, 3.05) is 5.73 Å². The van der Waals surface area contributed by atoms with E-state index in [0.717, 1.165) is 5.56 Å². The summed E-state index contributed by atoms with van der Waals surface area (Å²) in [4.78, 5) is 27.8. The minimum Gasteiger partial charge on any atom is -0.399 e. The summed E-state index contributed by atoms with van der Waals surface area (Å²) in [6, 6.07) is 8.62. The lowest BCUT2D eigenvalue weighted by Crippen LogP contribution is -2.24. The number of hydrogen-bond acceptors (Lipinski definition) is 4. The molecule has 0 saturated carbocycles. The Labute approximate surface area is 117 Å². The van der Waals surface area contributed by atoms with E-state index in [1.807, 2.05) is 6.07 Å². The Morgan fingerprint density at radius 3 is 2.75 bits per heavy atom. The summed E-state index contributed by atoms with van der Waals surface area (Å²) < 4.78 is 0.633. The van der Waals surface area contributed by atoms with Crippen LogP contribution in [0, 0.1) is 0 Å². The molecule has 0 aliphatic rings. The predicted molar refractivity (Wildman–Crippen MR) is 77.7 cm³/mol. The van der Waals surface area contributed by atoms with Gasteiger partial charge in [-0.25, -0.2) is 5.10 Å². The fraction of sp³-hybridized carbons (Fsp3) is 0. The monoisotopic (exact) mass is 288 g/mol. The van der Waals surface area contributed by atoms with Crippen molar-refractivity contribution in [1.29, 1.82) is 0 Å². The molecule has 0 aliphatic heterocycles. The molecule has 0 bridgehead atoms. The van der Waals surface area contributed by atoms with Crippen LogP contribution >= 0.6 is 11.8 Å². The maximum atomic E-state index is 11.9. The third-order valence-corrected chi connectivity index (χ3v) is 3.18. The van der Waals surface area contributed by atoms with Gasteiger partial charge < -0.3 is 5.73 Å². The third kappa shape index (κ3) is 1.96. The summed E-state index contributed by atoms with van der Waals surface area (Å²) in [5.41, 5.74) is 6.63. The molecule has 100 valence electrons. The Balaban J connectivity index is 2.33. The molecule has 0 aliphatic carbocycles. The standard InChI is InChI=1S/C13H9ClN4O2/c14-18-13(20)9-5-11(7-2-1-3-8(15)4-7)16-6-10(9)12(19)17-18/h1-6H,15H2,(H,17,19). The highest BCUT2D eigenvalue weighted by Gasteiger charge is 2.09. The van der Waals surface area contributed by atoms with E-state index in [4.69, 9.17) is 17.5 Å². The predicted octanol–water partition coefficient (Wildman–Crippen LogP) is 1.34. The minimum atomic E-state index is -0.506. The highest BCUT2D eigenvalue weighted by molar-refractivity contribution is 6.15. The first kappa shape index (κ1) is 12.4. The number of aromatic amines is 1.